The zero-order valence-electron chi connectivity index (χ0n) is 9.95. The first-order chi connectivity index (χ1) is 7.63. The summed E-state index contributed by atoms with van der Waals surface area (Å²) < 4.78 is 5.52. The van der Waals surface area contributed by atoms with Crippen LogP contribution in [0.1, 0.15) is 32.1 Å². The first kappa shape index (κ1) is 12.2. The van der Waals surface area contributed by atoms with Crippen LogP contribution >= 0.6 is 12.6 Å². The van der Waals surface area contributed by atoms with E-state index in [0.29, 0.717) is 6.42 Å². The summed E-state index contributed by atoms with van der Waals surface area (Å²) in [6.07, 6.45) is 4.96. The van der Waals surface area contributed by atoms with Crippen molar-refractivity contribution in [2.24, 2.45) is 5.41 Å². The molecule has 92 valence electrons. The Morgan fingerprint density at radius 2 is 2.06 bits per heavy atom. The number of carbonyl (C=O) groups excluding carboxylic acids is 1. The summed E-state index contributed by atoms with van der Waals surface area (Å²) in [5.74, 6) is 0.802. The zero-order valence-corrected chi connectivity index (χ0v) is 10.8. The maximum atomic E-state index is 11.7. The van der Waals surface area contributed by atoms with Gasteiger partial charge in [0.1, 0.15) is 6.10 Å². The summed E-state index contributed by atoms with van der Waals surface area (Å²) >= 11 is 4.30. The fourth-order valence-electron chi connectivity index (χ4n) is 2.20. The molecule has 2 aliphatic rings. The molecule has 0 atom stereocenters. The third-order valence-electron chi connectivity index (χ3n) is 3.78. The van der Waals surface area contributed by atoms with Crippen LogP contribution in [0.3, 0.4) is 0 Å². The van der Waals surface area contributed by atoms with Crippen molar-refractivity contribution in [3.8, 4) is 0 Å². The molecule has 0 aromatic carbocycles. The van der Waals surface area contributed by atoms with Gasteiger partial charge in [-0.05, 0) is 43.9 Å². The lowest BCUT2D eigenvalue weighted by molar-refractivity contribution is -0.152. The second-order valence-corrected chi connectivity index (χ2v) is 5.64. The van der Waals surface area contributed by atoms with Gasteiger partial charge in [0.05, 0.1) is 6.42 Å². The molecule has 2 rings (SSSR count). The minimum absolute atomic E-state index is 0.0129. The van der Waals surface area contributed by atoms with E-state index in [-0.39, 0.29) is 17.5 Å². The Hall–Kier alpha value is -0.220. The molecule has 0 unspecified atom stereocenters. The largest absolute Gasteiger partial charge is 0.462 e. The monoisotopic (exact) mass is 243 g/mol. The van der Waals surface area contributed by atoms with Crippen LogP contribution in [0.5, 0.6) is 0 Å². The molecular formula is C12H21NO2S. The minimum Gasteiger partial charge on any atom is -0.462 e. The Labute approximate surface area is 103 Å². The molecule has 0 N–H and O–H groups in total. The summed E-state index contributed by atoms with van der Waals surface area (Å²) in [7, 11) is 2.11. The molecule has 16 heavy (non-hydrogen) atoms. The number of likely N-dealkylation sites (tertiary alicyclic amines) is 1. The average molecular weight is 243 g/mol. The minimum atomic E-state index is -0.0129. The molecule has 1 heterocycles. The summed E-state index contributed by atoms with van der Waals surface area (Å²) in [5, 5.41) is 0. The SMILES string of the molecule is CN1CCC(OC(=O)CC2(CS)CC2)CC1. The van der Waals surface area contributed by atoms with Gasteiger partial charge < -0.3 is 9.64 Å². The number of hydrogen-bond donors (Lipinski definition) is 1. The Balaban J connectivity index is 1.71. The lowest BCUT2D eigenvalue weighted by Gasteiger charge is -2.29. The van der Waals surface area contributed by atoms with Crippen molar-refractivity contribution in [2.45, 2.75) is 38.2 Å². The summed E-state index contributed by atoms with van der Waals surface area (Å²) in [6, 6.07) is 0. The van der Waals surface area contributed by atoms with Gasteiger partial charge in [-0.1, -0.05) is 0 Å². The van der Waals surface area contributed by atoms with E-state index in [2.05, 4.69) is 24.6 Å². The van der Waals surface area contributed by atoms with Crippen LogP contribution in [0.25, 0.3) is 0 Å². The van der Waals surface area contributed by atoms with E-state index in [4.69, 9.17) is 4.74 Å². The molecular weight excluding hydrogens is 222 g/mol. The highest BCUT2D eigenvalue weighted by atomic mass is 32.1. The number of rotatable bonds is 4. The van der Waals surface area contributed by atoms with Crippen molar-refractivity contribution in [1.82, 2.24) is 4.90 Å². The molecule has 4 heteroatoms. The van der Waals surface area contributed by atoms with Gasteiger partial charge >= 0.3 is 5.97 Å². The van der Waals surface area contributed by atoms with Crippen molar-refractivity contribution in [1.29, 1.82) is 0 Å². The Kier molecular flexibility index (Phi) is 3.80. The molecule has 0 amide bonds. The van der Waals surface area contributed by atoms with Gasteiger partial charge in [-0.25, -0.2) is 0 Å². The molecule has 0 radical (unpaired) electrons. The van der Waals surface area contributed by atoms with Crippen LogP contribution in [0.15, 0.2) is 0 Å². The van der Waals surface area contributed by atoms with Crippen molar-refractivity contribution >= 4 is 18.6 Å². The van der Waals surface area contributed by atoms with Gasteiger partial charge in [0.2, 0.25) is 0 Å². The van der Waals surface area contributed by atoms with E-state index >= 15 is 0 Å². The Morgan fingerprint density at radius 1 is 1.44 bits per heavy atom. The topological polar surface area (TPSA) is 29.5 Å². The van der Waals surface area contributed by atoms with Gasteiger partial charge in [0, 0.05) is 13.1 Å². The maximum absolute atomic E-state index is 11.7. The lowest BCUT2D eigenvalue weighted by atomic mass is 10.1. The number of hydrogen-bond acceptors (Lipinski definition) is 4. The molecule has 0 aromatic rings. The second kappa shape index (κ2) is 4.96. The summed E-state index contributed by atoms with van der Waals surface area (Å²) in [6.45, 7) is 2.07. The first-order valence-corrected chi connectivity index (χ1v) is 6.76. The van der Waals surface area contributed by atoms with Crippen LogP contribution in [0.2, 0.25) is 0 Å². The lowest BCUT2D eigenvalue weighted by Crippen LogP contribution is -2.35. The molecule has 0 aromatic heterocycles. The van der Waals surface area contributed by atoms with E-state index in [1.54, 1.807) is 0 Å². The second-order valence-electron chi connectivity index (χ2n) is 5.33. The zero-order chi connectivity index (χ0) is 11.6. The molecule has 1 saturated heterocycles. The van der Waals surface area contributed by atoms with E-state index in [9.17, 15) is 4.79 Å². The molecule has 1 saturated carbocycles. The number of piperidine rings is 1. The molecule has 3 nitrogen and oxygen atoms in total. The highest BCUT2D eigenvalue weighted by Gasteiger charge is 2.43. The predicted molar refractivity (Wildman–Crippen MR) is 66.7 cm³/mol. The van der Waals surface area contributed by atoms with Gasteiger partial charge in [-0.2, -0.15) is 12.6 Å². The maximum Gasteiger partial charge on any atom is 0.306 e. The molecule has 1 aliphatic carbocycles. The number of carbonyl (C=O) groups is 1. The fraction of sp³-hybridized carbons (Fsp3) is 0.917. The van der Waals surface area contributed by atoms with E-state index in [0.717, 1.165) is 44.5 Å². The smallest absolute Gasteiger partial charge is 0.306 e. The van der Waals surface area contributed by atoms with Gasteiger partial charge in [-0.3, -0.25) is 4.79 Å². The first-order valence-electron chi connectivity index (χ1n) is 6.12. The van der Waals surface area contributed by atoms with E-state index in [1.807, 2.05) is 0 Å². The fourth-order valence-corrected chi connectivity index (χ4v) is 2.63. The van der Waals surface area contributed by atoms with Crippen LogP contribution < -0.4 is 0 Å². The standard InChI is InChI=1S/C12H21NO2S/c1-13-6-2-10(3-7-13)15-11(14)8-12(9-16)4-5-12/h10,16H,2-9H2,1H3. The number of esters is 1. The number of nitrogens with zero attached hydrogens (tertiary/aromatic N) is 1. The molecule has 1 aliphatic heterocycles. The van der Waals surface area contributed by atoms with Gasteiger partial charge in [0.25, 0.3) is 0 Å². The van der Waals surface area contributed by atoms with Crippen LogP contribution in [0.4, 0.5) is 0 Å². The van der Waals surface area contributed by atoms with Crippen molar-refractivity contribution in [2.75, 3.05) is 25.9 Å². The van der Waals surface area contributed by atoms with Gasteiger partial charge in [0.15, 0.2) is 0 Å². The normalized spacial score (nSPS) is 25.4. The summed E-state index contributed by atoms with van der Waals surface area (Å²) in [5.41, 5.74) is 0.186. The Bertz CT molecular complexity index is 258. The third kappa shape index (κ3) is 3.14. The highest BCUT2D eigenvalue weighted by Crippen LogP contribution is 2.49. The summed E-state index contributed by atoms with van der Waals surface area (Å²) in [4.78, 5) is 14.0. The predicted octanol–water partition coefficient (Wildman–Crippen LogP) is 1.72. The average Bonchev–Trinajstić information content (AvgIpc) is 3.02. The Morgan fingerprint density at radius 3 is 2.56 bits per heavy atom. The van der Waals surface area contributed by atoms with Crippen LogP contribution in [0, 0.1) is 5.41 Å². The molecule has 0 bridgehead atoms. The van der Waals surface area contributed by atoms with Gasteiger partial charge in [-0.15, -0.1) is 0 Å². The van der Waals surface area contributed by atoms with Crippen molar-refractivity contribution in [3.05, 3.63) is 0 Å². The number of ether oxygens (including phenoxy) is 1. The van der Waals surface area contributed by atoms with Crippen molar-refractivity contribution in [3.63, 3.8) is 0 Å². The van der Waals surface area contributed by atoms with E-state index in [1.165, 1.54) is 0 Å². The highest BCUT2D eigenvalue weighted by molar-refractivity contribution is 7.80. The molecule has 0 spiro atoms. The quantitative estimate of drug-likeness (QED) is 0.602. The third-order valence-corrected chi connectivity index (χ3v) is 4.45. The van der Waals surface area contributed by atoms with Crippen LogP contribution in [-0.2, 0) is 9.53 Å². The van der Waals surface area contributed by atoms with Crippen molar-refractivity contribution < 1.29 is 9.53 Å². The van der Waals surface area contributed by atoms with E-state index < -0.39 is 0 Å². The van der Waals surface area contributed by atoms with Crippen LogP contribution in [-0.4, -0.2) is 42.9 Å². The number of thiol groups is 1. The molecule has 2 fully saturated rings.